The normalized spacial score (nSPS) is 14.6. The number of fused-ring (bicyclic) bond motifs is 1. The van der Waals surface area contributed by atoms with Crippen molar-refractivity contribution in [3.8, 4) is 5.75 Å². The molecule has 0 bridgehead atoms. The molecule has 0 radical (unpaired) electrons. The Kier molecular flexibility index (Phi) is 6.69. The molecule has 2 aromatic carbocycles. The summed E-state index contributed by atoms with van der Waals surface area (Å²) in [6, 6.07) is 14.1. The number of para-hydroxylation sites is 1. The predicted octanol–water partition coefficient (Wildman–Crippen LogP) is 3.50. The summed E-state index contributed by atoms with van der Waals surface area (Å²) < 4.78 is 11.6. The summed E-state index contributed by atoms with van der Waals surface area (Å²) in [7, 11) is 2.85. The van der Waals surface area contributed by atoms with Gasteiger partial charge in [-0.2, -0.15) is 0 Å². The largest absolute Gasteiger partial charge is 0.497 e. The van der Waals surface area contributed by atoms with Crippen molar-refractivity contribution in [3.63, 3.8) is 0 Å². The third-order valence-corrected chi connectivity index (χ3v) is 6.09. The van der Waals surface area contributed by atoms with Crippen molar-refractivity contribution in [2.45, 2.75) is 6.54 Å². The Labute approximate surface area is 199 Å². The minimum Gasteiger partial charge on any atom is -0.497 e. The molecule has 1 aromatic heterocycles. The number of thioether (sulfide) groups is 1. The summed E-state index contributed by atoms with van der Waals surface area (Å²) in [5.74, 6) is -0.814. The van der Waals surface area contributed by atoms with Crippen LogP contribution in [0.4, 0.5) is 10.5 Å². The Morgan fingerprint density at radius 3 is 2.47 bits per heavy atom. The molecule has 4 rings (SSSR count). The molecular formula is C24H21N3O6S. The molecule has 1 aliphatic heterocycles. The lowest BCUT2D eigenvalue weighted by Crippen LogP contribution is -2.36. The highest BCUT2D eigenvalue weighted by Crippen LogP contribution is 2.34. The fourth-order valence-electron chi connectivity index (χ4n) is 3.52. The number of anilines is 1. The van der Waals surface area contributed by atoms with E-state index in [9.17, 15) is 19.2 Å². The van der Waals surface area contributed by atoms with Crippen LogP contribution in [0.2, 0.25) is 0 Å². The third kappa shape index (κ3) is 4.81. The van der Waals surface area contributed by atoms with Gasteiger partial charge in [-0.15, -0.1) is 0 Å². The monoisotopic (exact) mass is 479 g/mol. The summed E-state index contributed by atoms with van der Waals surface area (Å²) >= 11 is 0.767. The van der Waals surface area contributed by atoms with E-state index in [1.807, 2.05) is 24.3 Å². The highest BCUT2D eigenvalue weighted by atomic mass is 32.2. The van der Waals surface area contributed by atoms with Gasteiger partial charge in [-0.3, -0.25) is 24.1 Å². The molecule has 34 heavy (non-hydrogen) atoms. The van der Waals surface area contributed by atoms with E-state index in [4.69, 9.17) is 9.47 Å². The minimum absolute atomic E-state index is 0.0118. The molecule has 0 aliphatic carbocycles. The Hall–Kier alpha value is -4.05. The van der Waals surface area contributed by atoms with Crippen LogP contribution in [0.1, 0.15) is 5.56 Å². The number of carbonyl (C=O) groups is 4. The van der Waals surface area contributed by atoms with E-state index in [0.717, 1.165) is 27.6 Å². The number of ether oxygens (including phenoxy) is 2. The molecule has 0 atom stereocenters. The molecule has 3 amide bonds. The van der Waals surface area contributed by atoms with Crippen LogP contribution in [0.3, 0.4) is 0 Å². The topological polar surface area (TPSA) is 107 Å². The maximum atomic E-state index is 12.9. The number of hydrogen-bond donors (Lipinski definition) is 1. The lowest BCUT2D eigenvalue weighted by Gasteiger charge is -2.12. The van der Waals surface area contributed by atoms with Gasteiger partial charge >= 0.3 is 5.97 Å². The van der Waals surface area contributed by atoms with Crippen LogP contribution in [0.5, 0.6) is 5.75 Å². The average molecular weight is 480 g/mol. The lowest BCUT2D eigenvalue weighted by molar-refractivity contribution is -0.141. The fraction of sp³-hybridized carbons (Fsp3) is 0.167. The molecule has 1 saturated heterocycles. The standard InChI is InChI=1S/C24H21N3O6S/c1-32-17-9-7-16(8-10-17)25-21(28)13-27-23(30)20(34-24(27)31)11-15-12-26(14-22(29)33-2)19-6-4-3-5-18(15)19/h3-12H,13-14H2,1-2H3,(H,25,28)/b20-11+. The number of amides is 3. The van der Waals surface area contributed by atoms with Gasteiger partial charge in [0.1, 0.15) is 18.8 Å². The van der Waals surface area contributed by atoms with Gasteiger partial charge in [-0.05, 0) is 48.2 Å². The van der Waals surface area contributed by atoms with Gasteiger partial charge in [0.2, 0.25) is 5.91 Å². The number of imide groups is 1. The van der Waals surface area contributed by atoms with Crippen LogP contribution in [-0.4, -0.2) is 53.3 Å². The quantitative estimate of drug-likeness (QED) is 0.408. The van der Waals surface area contributed by atoms with Crippen molar-refractivity contribution in [1.82, 2.24) is 9.47 Å². The second kappa shape index (κ2) is 9.84. The van der Waals surface area contributed by atoms with Gasteiger partial charge < -0.3 is 19.4 Å². The molecule has 0 saturated carbocycles. The minimum atomic E-state index is -0.551. The number of methoxy groups -OCH3 is 2. The van der Waals surface area contributed by atoms with Crippen molar-refractivity contribution in [2.75, 3.05) is 26.1 Å². The van der Waals surface area contributed by atoms with Crippen molar-refractivity contribution in [1.29, 1.82) is 0 Å². The third-order valence-electron chi connectivity index (χ3n) is 5.18. The van der Waals surface area contributed by atoms with Gasteiger partial charge in [0.15, 0.2) is 0 Å². The van der Waals surface area contributed by atoms with Gasteiger partial charge in [0, 0.05) is 28.4 Å². The van der Waals surface area contributed by atoms with Crippen molar-refractivity contribution in [2.24, 2.45) is 0 Å². The first-order valence-electron chi connectivity index (χ1n) is 10.2. The van der Waals surface area contributed by atoms with Crippen LogP contribution in [-0.2, 0) is 25.7 Å². The molecule has 1 N–H and O–H groups in total. The zero-order valence-electron chi connectivity index (χ0n) is 18.4. The number of esters is 1. The highest BCUT2D eigenvalue weighted by Gasteiger charge is 2.36. The molecule has 0 unspecified atom stereocenters. The van der Waals surface area contributed by atoms with Gasteiger partial charge in [-0.1, -0.05) is 18.2 Å². The number of rotatable bonds is 7. The summed E-state index contributed by atoms with van der Waals surface area (Å²) in [5.41, 5.74) is 1.98. The highest BCUT2D eigenvalue weighted by molar-refractivity contribution is 8.18. The first-order chi connectivity index (χ1) is 16.4. The Bertz CT molecular complexity index is 1310. The molecule has 2 heterocycles. The van der Waals surface area contributed by atoms with E-state index >= 15 is 0 Å². The van der Waals surface area contributed by atoms with Gasteiger partial charge in [0.05, 0.1) is 19.1 Å². The summed E-state index contributed by atoms with van der Waals surface area (Å²) in [6.45, 7) is -0.393. The number of benzene rings is 2. The van der Waals surface area contributed by atoms with Crippen LogP contribution in [0.25, 0.3) is 17.0 Å². The van der Waals surface area contributed by atoms with E-state index in [1.54, 1.807) is 41.1 Å². The SMILES string of the molecule is COC(=O)Cn1cc(/C=C2/SC(=O)N(CC(=O)Nc3ccc(OC)cc3)C2=O)c2ccccc21. The molecule has 3 aromatic rings. The summed E-state index contributed by atoms with van der Waals surface area (Å²) in [5, 5.41) is 2.95. The molecule has 1 aliphatic rings. The number of nitrogens with one attached hydrogen (secondary N) is 1. The van der Waals surface area contributed by atoms with Crippen molar-refractivity contribution in [3.05, 3.63) is 65.2 Å². The summed E-state index contributed by atoms with van der Waals surface area (Å²) in [6.07, 6.45) is 3.33. The van der Waals surface area contributed by atoms with Crippen molar-refractivity contribution < 1.29 is 28.7 Å². The number of carbonyl (C=O) groups excluding carboxylic acids is 4. The van der Waals surface area contributed by atoms with E-state index in [0.29, 0.717) is 17.0 Å². The Morgan fingerprint density at radius 1 is 1.03 bits per heavy atom. The fourth-order valence-corrected chi connectivity index (χ4v) is 4.35. The maximum Gasteiger partial charge on any atom is 0.325 e. The smallest absolute Gasteiger partial charge is 0.325 e. The summed E-state index contributed by atoms with van der Waals surface area (Å²) in [4.78, 5) is 50.7. The van der Waals surface area contributed by atoms with Crippen LogP contribution >= 0.6 is 11.8 Å². The van der Waals surface area contributed by atoms with E-state index in [2.05, 4.69) is 5.32 Å². The maximum absolute atomic E-state index is 12.9. The van der Waals surface area contributed by atoms with Crippen LogP contribution in [0.15, 0.2) is 59.6 Å². The Morgan fingerprint density at radius 2 is 1.76 bits per heavy atom. The molecule has 10 heteroatoms. The number of nitrogens with zero attached hydrogens (tertiary/aromatic N) is 2. The second-order valence-electron chi connectivity index (χ2n) is 7.35. The van der Waals surface area contributed by atoms with E-state index in [-0.39, 0.29) is 11.4 Å². The molecule has 1 fully saturated rings. The number of hydrogen-bond acceptors (Lipinski definition) is 7. The van der Waals surface area contributed by atoms with Crippen LogP contribution in [0, 0.1) is 0 Å². The molecule has 9 nitrogen and oxygen atoms in total. The Balaban J connectivity index is 1.52. The predicted molar refractivity (Wildman–Crippen MR) is 128 cm³/mol. The van der Waals surface area contributed by atoms with Gasteiger partial charge in [-0.25, -0.2) is 0 Å². The lowest BCUT2D eigenvalue weighted by atomic mass is 10.1. The van der Waals surface area contributed by atoms with Gasteiger partial charge in [0.25, 0.3) is 11.1 Å². The first kappa shape index (κ1) is 23.1. The van der Waals surface area contributed by atoms with Crippen molar-refractivity contribution >= 4 is 57.5 Å². The van der Waals surface area contributed by atoms with Crippen LogP contribution < -0.4 is 10.1 Å². The zero-order chi connectivity index (χ0) is 24.2. The molecule has 0 spiro atoms. The number of aromatic nitrogens is 1. The molecule has 174 valence electrons. The zero-order valence-corrected chi connectivity index (χ0v) is 19.3. The van der Waals surface area contributed by atoms with E-state index < -0.39 is 29.6 Å². The average Bonchev–Trinajstić information content (AvgIpc) is 3.31. The van der Waals surface area contributed by atoms with E-state index in [1.165, 1.54) is 14.2 Å². The molecular weight excluding hydrogens is 458 g/mol. The first-order valence-corrected chi connectivity index (χ1v) is 11.0. The second-order valence-corrected chi connectivity index (χ2v) is 8.34.